The molecule has 1 aromatic heterocycles. The van der Waals surface area contributed by atoms with Crippen LogP contribution < -0.4 is 0 Å². The Morgan fingerprint density at radius 1 is 1.16 bits per heavy atom. The maximum absolute atomic E-state index is 6.53. The van der Waals surface area contributed by atoms with Crippen molar-refractivity contribution in [1.29, 1.82) is 0 Å². The minimum atomic E-state index is 0.298. The fraction of sp³-hybridized carbons (Fsp3) is 0.600. The van der Waals surface area contributed by atoms with Gasteiger partial charge in [0.15, 0.2) is 0 Å². The van der Waals surface area contributed by atoms with Gasteiger partial charge in [-0.3, -0.25) is 4.90 Å². The van der Waals surface area contributed by atoms with Crippen molar-refractivity contribution in [2.45, 2.75) is 63.6 Å². The largest absolute Gasteiger partial charge is 0.377 e. The first-order valence-electron chi connectivity index (χ1n) is 11.7. The Bertz CT molecular complexity index is 816. The minimum absolute atomic E-state index is 0.298. The van der Waals surface area contributed by atoms with E-state index in [1.807, 2.05) is 23.5 Å². The number of hydrogen-bond acceptors (Lipinski definition) is 4. The van der Waals surface area contributed by atoms with E-state index in [0.29, 0.717) is 23.1 Å². The summed E-state index contributed by atoms with van der Waals surface area (Å²) in [6.07, 6.45) is 6.20. The fourth-order valence-corrected chi connectivity index (χ4v) is 6.21. The van der Waals surface area contributed by atoms with Crippen LogP contribution in [-0.4, -0.2) is 54.7 Å². The van der Waals surface area contributed by atoms with Crippen LogP contribution in [0.5, 0.6) is 0 Å². The number of benzene rings is 1. The van der Waals surface area contributed by atoms with Crippen LogP contribution in [0.25, 0.3) is 0 Å². The van der Waals surface area contributed by atoms with Crippen molar-refractivity contribution in [2.75, 3.05) is 32.8 Å². The maximum Gasteiger partial charge on any atom is 0.0743 e. The lowest BCUT2D eigenvalue weighted by Gasteiger charge is -2.43. The molecular formula is C25H34Cl2N2OS. The van der Waals surface area contributed by atoms with E-state index in [0.717, 1.165) is 56.2 Å². The standard InChI is InChI=1S/C25H34Cl2N2OS/c1-2-3-12-30-25-5-4-10-29(16-20-6-7-22(26)14-23(20)27)24(25)17-28-11-8-19(15-28)21-9-13-31-18-21/h6-7,9,13-14,18-19,24-25H,2-5,8,10-12,15-17H2,1H3/t19-,24?,25+/m1/s1. The van der Waals surface area contributed by atoms with Crippen molar-refractivity contribution in [3.05, 3.63) is 56.2 Å². The zero-order valence-corrected chi connectivity index (χ0v) is 20.8. The third kappa shape index (κ3) is 6.25. The lowest BCUT2D eigenvalue weighted by molar-refractivity contribution is -0.0550. The van der Waals surface area contributed by atoms with Crippen LogP contribution in [0.1, 0.15) is 56.1 Å². The maximum atomic E-state index is 6.53. The van der Waals surface area contributed by atoms with Crippen molar-refractivity contribution >= 4 is 34.5 Å². The molecule has 3 heterocycles. The number of rotatable bonds is 9. The van der Waals surface area contributed by atoms with Gasteiger partial charge in [0, 0.05) is 42.3 Å². The Labute approximate surface area is 201 Å². The Hall–Kier alpha value is -0.620. The second-order valence-electron chi connectivity index (χ2n) is 8.98. The molecule has 3 nitrogen and oxygen atoms in total. The third-order valence-corrected chi connectivity index (χ3v) is 8.07. The molecule has 31 heavy (non-hydrogen) atoms. The monoisotopic (exact) mass is 480 g/mol. The van der Waals surface area contributed by atoms with E-state index >= 15 is 0 Å². The van der Waals surface area contributed by atoms with Gasteiger partial charge in [0.2, 0.25) is 0 Å². The van der Waals surface area contributed by atoms with Crippen molar-refractivity contribution in [3.8, 4) is 0 Å². The van der Waals surface area contributed by atoms with Gasteiger partial charge in [-0.05, 0) is 84.8 Å². The summed E-state index contributed by atoms with van der Waals surface area (Å²) in [5.74, 6) is 0.674. The number of likely N-dealkylation sites (tertiary alicyclic amines) is 2. The third-order valence-electron chi connectivity index (χ3n) is 6.78. The van der Waals surface area contributed by atoms with Gasteiger partial charge in [-0.25, -0.2) is 0 Å². The van der Waals surface area contributed by atoms with Gasteiger partial charge in [-0.15, -0.1) is 0 Å². The molecule has 2 saturated heterocycles. The highest BCUT2D eigenvalue weighted by atomic mass is 35.5. The van der Waals surface area contributed by atoms with E-state index in [4.69, 9.17) is 27.9 Å². The van der Waals surface area contributed by atoms with Crippen LogP contribution in [0.15, 0.2) is 35.0 Å². The quantitative estimate of drug-likeness (QED) is 0.371. The lowest BCUT2D eigenvalue weighted by atomic mass is 9.96. The highest BCUT2D eigenvalue weighted by molar-refractivity contribution is 7.08. The van der Waals surface area contributed by atoms with Crippen LogP contribution in [0.2, 0.25) is 10.0 Å². The van der Waals surface area contributed by atoms with Gasteiger partial charge in [0.1, 0.15) is 0 Å². The summed E-state index contributed by atoms with van der Waals surface area (Å²) in [7, 11) is 0. The van der Waals surface area contributed by atoms with Crippen LogP contribution in [0, 0.1) is 0 Å². The van der Waals surface area contributed by atoms with E-state index in [1.54, 1.807) is 0 Å². The zero-order valence-electron chi connectivity index (χ0n) is 18.4. The van der Waals surface area contributed by atoms with E-state index in [1.165, 1.54) is 31.4 Å². The Morgan fingerprint density at radius 2 is 2.06 bits per heavy atom. The van der Waals surface area contributed by atoms with E-state index in [-0.39, 0.29) is 0 Å². The average Bonchev–Trinajstić information content (AvgIpc) is 3.44. The molecule has 0 radical (unpaired) electrons. The molecule has 2 fully saturated rings. The molecular weight excluding hydrogens is 447 g/mol. The highest BCUT2D eigenvalue weighted by Gasteiger charge is 2.35. The summed E-state index contributed by atoms with van der Waals surface area (Å²) >= 11 is 14.5. The smallest absolute Gasteiger partial charge is 0.0743 e. The van der Waals surface area contributed by atoms with E-state index in [9.17, 15) is 0 Å². The van der Waals surface area contributed by atoms with Gasteiger partial charge in [0.05, 0.1) is 6.10 Å². The molecule has 0 aliphatic carbocycles. The molecule has 0 saturated carbocycles. The molecule has 0 bridgehead atoms. The predicted octanol–water partition coefficient (Wildman–Crippen LogP) is 6.69. The number of thiophene rings is 1. The van der Waals surface area contributed by atoms with Crippen LogP contribution in [0.4, 0.5) is 0 Å². The first-order chi connectivity index (χ1) is 15.1. The van der Waals surface area contributed by atoms with Crippen molar-refractivity contribution in [2.24, 2.45) is 0 Å². The number of nitrogens with zero attached hydrogens (tertiary/aromatic N) is 2. The molecule has 170 valence electrons. The molecule has 2 aliphatic heterocycles. The fourth-order valence-electron chi connectivity index (χ4n) is 5.00. The Balaban J connectivity index is 1.46. The lowest BCUT2D eigenvalue weighted by Crippen LogP contribution is -2.54. The summed E-state index contributed by atoms with van der Waals surface area (Å²) in [5, 5.41) is 5.98. The van der Waals surface area contributed by atoms with Crippen LogP contribution in [-0.2, 0) is 11.3 Å². The van der Waals surface area contributed by atoms with Gasteiger partial charge >= 0.3 is 0 Å². The van der Waals surface area contributed by atoms with Crippen molar-refractivity contribution in [1.82, 2.24) is 9.80 Å². The van der Waals surface area contributed by atoms with Gasteiger partial charge < -0.3 is 9.64 Å². The van der Waals surface area contributed by atoms with E-state index in [2.05, 4.69) is 39.6 Å². The van der Waals surface area contributed by atoms with Gasteiger partial charge in [0.25, 0.3) is 0 Å². The molecule has 0 N–H and O–H groups in total. The molecule has 0 amide bonds. The summed E-state index contributed by atoms with van der Waals surface area (Å²) in [6, 6.07) is 8.58. The SMILES string of the molecule is CCCCO[C@H]1CCCN(Cc2ccc(Cl)cc2Cl)C1CN1CC[C@@H](c2ccsc2)C1. The second-order valence-corrected chi connectivity index (χ2v) is 10.6. The minimum Gasteiger partial charge on any atom is -0.377 e. The van der Waals surface area contributed by atoms with E-state index < -0.39 is 0 Å². The number of hydrogen-bond donors (Lipinski definition) is 0. The highest BCUT2D eigenvalue weighted by Crippen LogP contribution is 2.32. The molecule has 2 aliphatic rings. The molecule has 2 aromatic rings. The second kappa shape index (κ2) is 11.5. The summed E-state index contributed by atoms with van der Waals surface area (Å²) in [5.41, 5.74) is 2.67. The van der Waals surface area contributed by atoms with Gasteiger partial charge in [-0.1, -0.05) is 42.6 Å². The number of unbranched alkanes of at least 4 members (excludes halogenated alkanes) is 1. The van der Waals surface area contributed by atoms with Crippen LogP contribution in [0.3, 0.4) is 0 Å². The molecule has 6 heteroatoms. The molecule has 0 spiro atoms. The Kier molecular flexibility index (Phi) is 8.72. The topological polar surface area (TPSA) is 15.7 Å². The number of ether oxygens (including phenoxy) is 1. The molecule has 1 aromatic carbocycles. The van der Waals surface area contributed by atoms with Crippen LogP contribution >= 0.6 is 34.5 Å². The summed E-state index contributed by atoms with van der Waals surface area (Å²) < 4.78 is 6.44. The summed E-state index contributed by atoms with van der Waals surface area (Å²) in [4.78, 5) is 5.26. The molecule has 1 unspecified atom stereocenters. The molecule has 3 atom stereocenters. The normalized spacial score (nSPS) is 25.3. The Morgan fingerprint density at radius 3 is 2.84 bits per heavy atom. The number of piperidine rings is 1. The average molecular weight is 482 g/mol. The zero-order chi connectivity index (χ0) is 21.6. The number of halogens is 2. The van der Waals surface area contributed by atoms with Gasteiger partial charge in [-0.2, -0.15) is 11.3 Å². The first kappa shape index (κ1) is 23.5. The first-order valence-corrected chi connectivity index (χ1v) is 13.4. The van der Waals surface area contributed by atoms with Crippen molar-refractivity contribution < 1.29 is 4.74 Å². The predicted molar refractivity (Wildman–Crippen MR) is 133 cm³/mol. The van der Waals surface area contributed by atoms with Crippen molar-refractivity contribution in [3.63, 3.8) is 0 Å². The summed E-state index contributed by atoms with van der Waals surface area (Å²) in [6.45, 7) is 8.45. The molecule has 4 rings (SSSR count).